The fourth-order valence-electron chi connectivity index (χ4n) is 3.79. The minimum Gasteiger partial charge on any atom is -0.339 e. The van der Waals surface area contributed by atoms with Crippen molar-refractivity contribution < 1.29 is 9.72 Å². The van der Waals surface area contributed by atoms with E-state index in [9.17, 15) is 14.9 Å². The number of rotatable bonds is 6. The number of carbonyl (C=O) groups excluding carboxylic acids is 1. The number of amides is 1. The van der Waals surface area contributed by atoms with Crippen molar-refractivity contribution in [2.45, 2.75) is 13.0 Å². The highest BCUT2D eigenvalue weighted by molar-refractivity contribution is 5.90. The number of fused-ring (bicyclic) bond motifs is 1. The standard InChI is InChI=1S/C21H23N5O3/c27-21(16-25-11-8-18-19(25)5-3-6-20(18)26(28)29)24-14-12-23(13-15-24)10-7-17-4-1-2-9-22-17/h1-6,8-9,11H,7,10,12-16H2. The molecule has 0 N–H and O–H groups in total. The Morgan fingerprint density at radius 2 is 1.90 bits per heavy atom. The number of pyridine rings is 1. The van der Waals surface area contributed by atoms with Gasteiger partial charge in [-0.3, -0.25) is 24.8 Å². The normalized spacial score (nSPS) is 15.0. The number of benzene rings is 1. The lowest BCUT2D eigenvalue weighted by molar-refractivity contribution is -0.383. The molecule has 0 atom stereocenters. The van der Waals surface area contributed by atoms with Crippen LogP contribution in [0.1, 0.15) is 5.69 Å². The zero-order chi connectivity index (χ0) is 20.2. The van der Waals surface area contributed by atoms with Crippen molar-refractivity contribution in [3.63, 3.8) is 0 Å². The monoisotopic (exact) mass is 393 g/mol. The largest absolute Gasteiger partial charge is 0.339 e. The summed E-state index contributed by atoms with van der Waals surface area (Å²) >= 11 is 0. The molecule has 150 valence electrons. The number of non-ortho nitro benzene ring substituents is 1. The third-order valence-corrected chi connectivity index (χ3v) is 5.43. The molecule has 3 aromatic rings. The van der Waals surface area contributed by atoms with Gasteiger partial charge in [-0.25, -0.2) is 0 Å². The van der Waals surface area contributed by atoms with Crippen LogP contribution in [0.2, 0.25) is 0 Å². The van der Waals surface area contributed by atoms with Gasteiger partial charge in [-0.2, -0.15) is 0 Å². The molecule has 0 aliphatic carbocycles. The fraction of sp³-hybridized carbons (Fsp3) is 0.333. The summed E-state index contributed by atoms with van der Waals surface area (Å²) in [7, 11) is 0. The molecular formula is C21H23N5O3. The molecule has 1 amide bonds. The number of piperazine rings is 1. The SMILES string of the molecule is O=C(Cn1ccc2c([N+](=O)[O-])cccc21)N1CCN(CCc2ccccn2)CC1. The van der Waals surface area contributed by atoms with Crippen LogP contribution in [-0.4, -0.2) is 62.9 Å². The van der Waals surface area contributed by atoms with Crippen LogP contribution in [0.25, 0.3) is 10.9 Å². The lowest BCUT2D eigenvalue weighted by Crippen LogP contribution is -2.49. The van der Waals surface area contributed by atoms with Crippen molar-refractivity contribution >= 4 is 22.5 Å². The summed E-state index contributed by atoms with van der Waals surface area (Å²) in [5.41, 5.74) is 1.86. The molecule has 29 heavy (non-hydrogen) atoms. The van der Waals surface area contributed by atoms with Crippen molar-refractivity contribution in [3.05, 3.63) is 70.7 Å². The van der Waals surface area contributed by atoms with E-state index in [-0.39, 0.29) is 18.1 Å². The van der Waals surface area contributed by atoms with Crippen LogP contribution in [0.15, 0.2) is 54.9 Å². The van der Waals surface area contributed by atoms with E-state index in [1.807, 2.05) is 35.4 Å². The molecule has 0 spiro atoms. The summed E-state index contributed by atoms with van der Waals surface area (Å²) in [6, 6.07) is 12.6. The molecule has 1 aromatic carbocycles. The summed E-state index contributed by atoms with van der Waals surface area (Å²) in [6.45, 7) is 4.21. The third-order valence-electron chi connectivity index (χ3n) is 5.43. The third kappa shape index (κ3) is 4.27. The van der Waals surface area contributed by atoms with Gasteiger partial charge in [0.1, 0.15) is 6.54 Å². The molecule has 0 unspecified atom stereocenters. The zero-order valence-corrected chi connectivity index (χ0v) is 16.1. The Bertz CT molecular complexity index is 1010. The minimum atomic E-state index is -0.390. The molecule has 1 fully saturated rings. The van der Waals surface area contributed by atoms with E-state index in [1.54, 1.807) is 22.9 Å². The first kappa shape index (κ1) is 19.1. The van der Waals surface area contributed by atoms with E-state index >= 15 is 0 Å². The molecule has 1 aliphatic rings. The average Bonchev–Trinajstić information content (AvgIpc) is 3.16. The molecule has 0 bridgehead atoms. The summed E-state index contributed by atoms with van der Waals surface area (Å²) in [6.07, 6.45) is 4.47. The Kier molecular flexibility index (Phi) is 5.53. The first-order valence-electron chi connectivity index (χ1n) is 9.74. The molecule has 2 aromatic heterocycles. The lowest BCUT2D eigenvalue weighted by atomic mass is 10.2. The van der Waals surface area contributed by atoms with Crippen LogP contribution < -0.4 is 0 Å². The van der Waals surface area contributed by atoms with E-state index in [2.05, 4.69) is 9.88 Å². The van der Waals surface area contributed by atoms with Gasteiger partial charge >= 0.3 is 0 Å². The molecule has 8 heteroatoms. The van der Waals surface area contributed by atoms with E-state index in [0.717, 1.165) is 31.7 Å². The van der Waals surface area contributed by atoms with Crippen molar-refractivity contribution in [2.24, 2.45) is 0 Å². The molecule has 0 saturated carbocycles. The first-order valence-corrected chi connectivity index (χ1v) is 9.74. The maximum atomic E-state index is 12.8. The van der Waals surface area contributed by atoms with Gasteiger partial charge in [0.2, 0.25) is 5.91 Å². The Labute approximate surface area is 168 Å². The lowest BCUT2D eigenvalue weighted by Gasteiger charge is -2.34. The quantitative estimate of drug-likeness (QED) is 0.474. The number of nitro benzene ring substituents is 1. The van der Waals surface area contributed by atoms with Crippen LogP contribution in [0.5, 0.6) is 0 Å². The summed E-state index contributed by atoms with van der Waals surface area (Å²) in [5, 5.41) is 11.7. The summed E-state index contributed by atoms with van der Waals surface area (Å²) in [4.78, 5) is 32.1. The highest BCUT2D eigenvalue weighted by Crippen LogP contribution is 2.26. The van der Waals surface area contributed by atoms with E-state index in [0.29, 0.717) is 24.0 Å². The summed E-state index contributed by atoms with van der Waals surface area (Å²) < 4.78 is 1.79. The van der Waals surface area contributed by atoms with Gasteiger partial charge in [0, 0.05) is 63.3 Å². The summed E-state index contributed by atoms with van der Waals surface area (Å²) in [5.74, 6) is 0.0402. The van der Waals surface area contributed by atoms with E-state index in [1.165, 1.54) is 6.07 Å². The van der Waals surface area contributed by atoms with Gasteiger partial charge in [0.25, 0.3) is 5.69 Å². The first-order chi connectivity index (χ1) is 14.1. The highest BCUT2D eigenvalue weighted by atomic mass is 16.6. The molecular weight excluding hydrogens is 370 g/mol. The second-order valence-electron chi connectivity index (χ2n) is 7.20. The Morgan fingerprint density at radius 3 is 2.62 bits per heavy atom. The van der Waals surface area contributed by atoms with E-state index < -0.39 is 4.92 Å². The average molecular weight is 393 g/mol. The van der Waals surface area contributed by atoms with Crippen LogP contribution in [-0.2, 0) is 17.8 Å². The highest BCUT2D eigenvalue weighted by Gasteiger charge is 2.22. The number of carbonyl (C=O) groups is 1. The van der Waals surface area contributed by atoms with Crippen molar-refractivity contribution in [1.29, 1.82) is 0 Å². The number of aromatic nitrogens is 2. The molecule has 1 aliphatic heterocycles. The molecule has 8 nitrogen and oxygen atoms in total. The van der Waals surface area contributed by atoms with E-state index in [4.69, 9.17) is 0 Å². The Morgan fingerprint density at radius 1 is 1.07 bits per heavy atom. The van der Waals surface area contributed by atoms with Crippen molar-refractivity contribution in [2.75, 3.05) is 32.7 Å². The van der Waals surface area contributed by atoms with Crippen LogP contribution in [0.3, 0.4) is 0 Å². The van der Waals surface area contributed by atoms with Crippen LogP contribution in [0.4, 0.5) is 5.69 Å². The smallest absolute Gasteiger partial charge is 0.278 e. The number of nitro groups is 1. The topological polar surface area (TPSA) is 84.5 Å². The Hall–Kier alpha value is -3.26. The molecule has 3 heterocycles. The molecule has 0 radical (unpaired) electrons. The van der Waals surface area contributed by atoms with Gasteiger partial charge in [-0.15, -0.1) is 0 Å². The van der Waals surface area contributed by atoms with Gasteiger partial charge in [-0.1, -0.05) is 12.1 Å². The predicted octanol–water partition coefficient (Wildman–Crippen LogP) is 2.33. The number of nitrogens with zero attached hydrogens (tertiary/aromatic N) is 5. The maximum Gasteiger partial charge on any atom is 0.278 e. The number of hydrogen-bond acceptors (Lipinski definition) is 5. The Balaban J connectivity index is 1.33. The van der Waals surface area contributed by atoms with Crippen LogP contribution >= 0.6 is 0 Å². The predicted molar refractivity (Wildman–Crippen MR) is 110 cm³/mol. The zero-order valence-electron chi connectivity index (χ0n) is 16.1. The van der Waals surface area contributed by atoms with Crippen molar-refractivity contribution in [1.82, 2.24) is 19.4 Å². The minimum absolute atomic E-state index is 0.0402. The number of hydrogen-bond donors (Lipinski definition) is 0. The second-order valence-corrected chi connectivity index (χ2v) is 7.20. The maximum absolute atomic E-state index is 12.8. The second kappa shape index (κ2) is 8.40. The fourth-order valence-corrected chi connectivity index (χ4v) is 3.79. The van der Waals surface area contributed by atoms with Gasteiger partial charge in [0.05, 0.1) is 15.8 Å². The molecule has 1 saturated heterocycles. The van der Waals surface area contributed by atoms with Gasteiger partial charge in [0.15, 0.2) is 0 Å². The van der Waals surface area contributed by atoms with Gasteiger partial charge in [-0.05, 0) is 24.3 Å². The van der Waals surface area contributed by atoms with Crippen LogP contribution in [0, 0.1) is 10.1 Å². The molecule has 4 rings (SSSR count). The van der Waals surface area contributed by atoms with Gasteiger partial charge < -0.3 is 9.47 Å². The van der Waals surface area contributed by atoms with Crippen molar-refractivity contribution in [3.8, 4) is 0 Å².